The lowest BCUT2D eigenvalue weighted by Crippen LogP contribution is -2.55. The molecular weight excluding hydrogens is 338 g/mol. The summed E-state index contributed by atoms with van der Waals surface area (Å²) in [6.07, 6.45) is 6.35. The van der Waals surface area contributed by atoms with E-state index in [-0.39, 0.29) is 23.9 Å². The Kier molecular flexibility index (Phi) is 6.89. The third-order valence-corrected chi connectivity index (χ3v) is 6.19. The smallest absolute Gasteiger partial charge is 0.251 e. The second-order valence-electron chi connectivity index (χ2n) is 7.92. The molecule has 2 saturated heterocycles. The van der Waals surface area contributed by atoms with Crippen LogP contribution in [0.4, 0.5) is 0 Å². The van der Waals surface area contributed by atoms with Crippen LogP contribution in [-0.2, 0) is 4.79 Å². The van der Waals surface area contributed by atoms with Gasteiger partial charge in [-0.1, -0.05) is 25.1 Å². The summed E-state index contributed by atoms with van der Waals surface area (Å²) in [7, 11) is 0. The molecule has 0 radical (unpaired) electrons. The molecule has 0 aliphatic carbocycles. The van der Waals surface area contributed by atoms with Gasteiger partial charge in [-0.25, -0.2) is 0 Å². The van der Waals surface area contributed by atoms with Crippen molar-refractivity contribution >= 4 is 11.8 Å². The number of hydrogen-bond acceptors (Lipinski definition) is 3. The predicted octanol–water partition coefficient (Wildman–Crippen LogP) is 3.06. The van der Waals surface area contributed by atoms with Crippen molar-refractivity contribution < 1.29 is 9.59 Å². The Morgan fingerprint density at radius 1 is 1.07 bits per heavy atom. The Morgan fingerprint density at radius 2 is 1.78 bits per heavy atom. The molecule has 2 aliphatic rings. The fourth-order valence-electron chi connectivity index (χ4n) is 4.40. The monoisotopic (exact) mass is 371 g/mol. The molecule has 1 aromatic carbocycles. The molecule has 148 valence electrons. The maximum absolute atomic E-state index is 13.0. The molecule has 2 fully saturated rings. The minimum absolute atomic E-state index is 0.00252. The molecule has 5 nitrogen and oxygen atoms in total. The van der Waals surface area contributed by atoms with Crippen LogP contribution in [0, 0.1) is 0 Å². The zero-order valence-corrected chi connectivity index (χ0v) is 16.7. The molecule has 2 heterocycles. The molecule has 27 heavy (non-hydrogen) atoms. The van der Waals surface area contributed by atoms with E-state index in [2.05, 4.69) is 22.0 Å². The summed E-state index contributed by atoms with van der Waals surface area (Å²) in [5.74, 6) is 0.283. The average Bonchev–Trinajstić information content (AvgIpc) is 2.73. The van der Waals surface area contributed by atoms with Crippen molar-refractivity contribution in [2.45, 2.75) is 70.5 Å². The number of nitrogens with zero attached hydrogens (tertiary/aromatic N) is 2. The first-order valence-corrected chi connectivity index (χ1v) is 10.5. The Labute approximate surface area is 163 Å². The summed E-state index contributed by atoms with van der Waals surface area (Å²) in [5.41, 5.74) is 0.708. The van der Waals surface area contributed by atoms with E-state index in [4.69, 9.17) is 0 Å². The van der Waals surface area contributed by atoms with Crippen LogP contribution < -0.4 is 5.32 Å². The van der Waals surface area contributed by atoms with E-state index in [1.807, 2.05) is 37.3 Å². The van der Waals surface area contributed by atoms with Gasteiger partial charge in [0, 0.05) is 37.3 Å². The molecule has 0 spiro atoms. The van der Waals surface area contributed by atoms with Crippen molar-refractivity contribution in [2.75, 3.05) is 19.6 Å². The number of carbonyl (C=O) groups is 2. The van der Waals surface area contributed by atoms with Crippen molar-refractivity contribution in [1.82, 2.24) is 15.1 Å². The van der Waals surface area contributed by atoms with Crippen LogP contribution >= 0.6 is 0 Å². The summed E-state index contributed by atoms with van der Waals surface area (Å²) < 4.78 is 0. The van der Waals surface area contributed by atoms with Gasteiger partial charge in [0.25, 0.3) is 5.91 Å². The molecule has 1 aromatic rings. The summed E-state index contributed by atoms with van der Waals surface area (Å²) >= 11 is 0. The summed E-state index contributed by atoms with van der Waals surface area (Å²) in [6, 6.07) is 9.90. The van der Waals surface area contributed by atoms with Gasteiger partial charge in [-0.05, 0) is 57.6 Å². The Balaban J connectivity index is 1.49. The largest absolute Gasteiger partial charge is 0.349 e. The van der Waals surface area contributed by atoms with Gasteiger partial charge < -0.3 is 10.2 Å². The SMILES string of the molecule is CCC1CCCCN1C(=O)C(C)N1CCC(NC(=O)c2ccccc2)CC1. The maximum atomic E-state index is 13.0. The number of benzene rings is 1. The predicted molar refractivity (Wildman–Crippen MR) is 108 cm³/mol. The lowest BCUT2D eigenvalue weighted by atomic mass is 9.98. The Hall–Kier alpha value is -1.88. The van der Waals surface area contributed by atoms with Crippen LogP contribution in [0.5, 0.6) is 0 Å². The van der Waals surface area contributed by atoms with Crippen LogP contribution in [-0.4, -0.2) is 59.4 Å². The van der Waals surface area contributed by atoms with Gasteiger partial charge in [0.05, 0.1) is 6.04 Å². The molecular formula is C22H33N3O2. The van der Waals surface area contributed by atoms with E-state index in [0.717, 1.165) is 51.7 Å². The first-order chi connectivity index (χ1) is 13.1. The van der Waals surface area contributed by atoms with Crippen molar-refractivity contribution in [2.24, 2.45) is 0 Å². The first kappa shape index (κ1) is 19.9. The molecule has 5 heteroatoms. The maximum Gasteiger partial charge on any atom is 0.251 e. The van der Waals surface area contributed by atoms with Crippen LogP contribution in [0.3, 0.4) is 0 Å². The van der Waals surface area contributed by atoms with E-state index < -0.39 is 0 Å². The minimum Gasteiger partial charge on any atom is -0.349 e. The van der Waals surface area contributed by atoms with E-state index in [0.29, 0.717) is 11.6 Å². The highest BCUT2D eigenvalue weighted by Crippen LogP contribution is 2.22. The average molecular weight is 372 g/mol. The molecule has 2 atom stereocenters. The van der Waals surface area contributed by atoms with E-state index in [9.17, 15) is 9.59 Å². The van der Waals surface area contributed by atoms with Crippen LogP contribution in [0.1, 0.15) is 62.7 Å². The highest BCUT2D eigenvalue weighted by molar-refractivity contribution is 5.94. The second kappa shape index (κ2) is 9.36. The lowest BCUT2D eigenvalue weighted by molar-refractivity contribution is -0.140. The molecule has 2 unspecified atom stereocenters. The third-order valence-electron chi connectivity index (χ3n) is 6.19. The highest BCUT2D eigenvalue weighted by atomic mass is 16.2. The van der Waals surface area contributed by atoms with Gasteiger partial charge in [-0.15, -0.1) is 0 Å². The van der Waals surface area contributed by atoms with E-state index in [1.165, 1.54) is 6.42 Å². The summed E-state index contributed by atoms with van der Waals surface area (Å²) in [5, 5.41) is 3.14. The Morgan fingerprint density at radius 3 is 2.44 bits per heavy atom. The van der Waals surface area contributed by atoms with Crippen LogP contribution in [0.15, 0.2) is 30.3 Å². The van der Waals surface area contributed by atoms with Gasteiger partial charge in [-0.2, -0.15) is 0 Å². The van der Waals surface area contributed by atoms with E-state index in [1.54, 1.807) is 0 Å². The van der Waals surface area contributed by atoms with Crippen molar-refractivity contribution in [3.63, 3.8) is 0 Å². The highest BCUT2D eigenvalue weighted by Gasteiger charge is 2.33. The molecule has 1 N–H and O–H groups in total. The zero-order valence-electron chi connectivity index (χ0n) is 16.7. The molecule has 0 aromatic heterocycles. The number of hydrogen-bond donors (Lipinski definition) is 1. The molecule has 3 rings (SSSR count). The minimum atomic E-state index is -0.0667. The number of rotatable bonds is 5. The van der Waals surface area contributed by atoms with Gasteiger partial charge >= 0.3 is 0 Å². The van der Waals surface area contributed by atoms with Gasteiger partial charge in [0.1, 0.15) is 0 Å². The van der Waals surface area contributed by atoms with Crippen molar-refractivity contribution in [1.29, 1.82) is 0 Å². The zero-order chi connectivity index (χ0) is 19.2. The van der Waals surface area contributed by atoms with Gasteiger partial charge in [0.15, 0.2) is 0 Å². The van der Waals surface area contributed by atoms with Crippen LogP contribution in [0.2, 0.25) is 0 Å². The van der Waals surface area contributed by atoms with Crippen molar-refractivity contribution in [3.8, 4) is 0 Å². The van der Waals surface area contributed by atoms with Crippen LogP contribution in [0.25, 0.3) is 0 Å². The molecule has 0 bridgehead atoms. The molecule has 0 saturated carbocycles. The fourth-order valence-corrected chi connectivity index (χ4v) is 4.40. The second-order valence-corrected chi connectivity index (χ2v) is 7.92. The Bertz CT molecular complexity index is 626. The number of nitrogens with one attached hydrogen (secondary N) is 1. The number of amides is 2. The normalized spacial score (nSPS) is 23.0. The quantitative estimate of drug-likeness (QED) is 0.865. The summed E-state index contributed by atoms with van der Waals surface area (Å²) in [4.78, 5) is 29.8. The molecule has 2 aliphatic heterocycles. The first-order valence-electron chi connectivity index (χ1n) is 10.5. The van der Waals surface area contributed by atoms with Crippen molar-refractivity contribution in [3.05, 3.63) is 35.9 Å². The number of piperidine rings is 2. The topological polar surface area (TPSA) is 52.7 Å². The van der Waals surface area contributed by atoms with Gasteiger partial charge in [0.2, 0.25) is 5.91 Å². The summed E-state index contributed by atoms with van der Waals surface area (Å²) in [6.45, 7) is 6.86. The fraction of sp³-hybridized carbons (Fsp3) is 0.636. The standard InChI is InChI=1S/C22H33N3O2/c1-3-20-11-7-8-14-25(20)22(27)17(2)24-15-12-19(13-16-24)23-21(26)18-9-5-4-6-10-18/h4-6,9-10,17,19-20H,3,7-8,11-16H2,1-2H3,(H,23,26). The number of carbonyl (C=O) groups excluding carboxylic acids is 2. The number of likely N-dealkylation sites (tertiary alicyclic amines) is 2. The third kappa shape index (κ3) is 4.89. The lowest BCUT2D eigenvalue weighted by Gasteiger charge is -2.41. The van der Waals surface area contributed by atoms with Gasteiger partial charge in [-0.3, -0.25) is 14.5 Å². The van der Waals surface area contributed by atoms with E-state index >= 15 is 0 Å². The molecule has 2 amide bonds.